The van der Waals surface area contributed by atoms with Crippen molar-refractivity contribution in [2.75, 3.05) is 0 Å². The zero-order chi connectivity index (χ0) is 14.9. The van der Waals surface area contributed by atoms with Gasteiger partial charge in [0.25, 0.3) is 0 Å². The Bertz CT molecular complexity index is 591. The maximum Gasteiger partial charge on any atom is 0.0457 e. The van der Waals surface area contributed by atoms with E-state index in [2.05, 4.69) is 55.3 Å². The standard InChI is InChI=1S/C19H28N2/c1-19(2,3)16-6-4-5-7-17(16)21-13-14-8-9-15-10-11-20-18(15)12-14/h8-12,16-17,20-21H,4-7,13H2,1-3H3. The molecular formula is C19H28N2. The van der Waals surface area contributed by atoms with Crippen LogP contribution in [-0.4, -0.2) is 11.0 Å². The van der Waals surface area contributed by atoms with E-state index in [4.69, 9.17) is 0 Å². The molecule has 21 heavy (non-hydrogen) atoms. The maximum absolute atomic E-state index is 3.84. The number of aromatic nitrogens is 1. The molecule has 114 valence electrons. The van der Waals surface area contributed by atoms with Gasteiger partial charge in [-0.1, -0.05) is 45.7 Å². The lowest BCUT2D eigenvalue weighted by Crippen LogP contribution is -2.43. The highest BCUT2D eigenvalue weighted by Gasteiger charge is 2.33. The molecule has 1 aliphatic rings. The molecule has 1 aliphatic carbocycles. The predicted molar refractivity (Wildman–Crippen MR) is 90.3 cm³/mol. The van der Waals surface area contributed by atoms with Crippen LogP contribution in [0.15, 0.2) is 30.5 Å². The molecule has 0 saturated heterocycles. The fraction of sp³-hybridized carbons (Fsp3) is 0.579. The van der Waals surface area contributed by atoms with E-state index in [1.165, 1.54) is 42.1 Å². The number of aromatic amines is 1. The van der Waals surface area contributed by atoms with E-state index in [-0.39, 0.29) is 0 Å². The Labute approximate surface area is 128 Å². The molecule has 0 amide bonds. The van der Waals surface area contributed by atoms with Crippen LogP contribution in [0.4, 0.5) is 0 Å². The highest BCUT2D eigenvalue weighted by atomic mass is 14.9. The van der Waals surface area contributed by atoms with Gasteiger partial charge in [0.2, 0.25) is 0 Å². The van der Waals surface area contributed by atoms with E-state index < -0.39 is 0 Å². The van der Waals surface area contributed by atoms with E-state index in [9.17, 15) is 0 Å². The van der Waals surface area contributed by atoms with Gasteiger partial charge >= 0.3 is 0 Å². The third-order valence-electron chi connectivity index (χ3n) is 5.07. The summed E-state index contributed by atoms with van der Waals surface area (Å²) in [6.45, 7) is 8.15. The van der Waals surface area contributed by atoms with Gasteiger partial charge in [-0.2, -0.15) is 0 Å². The molecule has 2 N–H and O–H groups in total. The van der Waals surface area contributed by atoms with Crippen LogP contribution in [-0.2, 0) is 6.54 Å². The van der Waals surface area contributed by atoms with E-state index in [1.54, 1.807) is 0 Å². The fourth-order valence-corrected chi connectivity index (χ4v) is 3.87. The van der Waals surface area contributed by atoms with Crippen LogP contribution in [0.2, 0.25) is 0 Å². The summed E-state index contributed by atoms with van der Waals surface area (Å²) in [5, 5.41) is 5.13. The van der Waals surface area contributed by atoms with Gasteiger partial charge in [0.05, 0.1) is 0 Å². The molecule has 2 heteroatoms. The quantitative estimate of drug-likeness (QED) is 0.827. The van der Waals surface area contributed by atoms with E-state index in [0.29, 0.717) is 11.5 Å². The first-order valence-electron chi connectivity index (χ1n) is 8.33. The van der Waals surface area contributed by atoms with Gasteiger partial charge in [0.15, 0.2) is 0 Å². The molecule has 1 aromatic heterocycles. The summed E-state index contributed by atoms with van der Waals surface area (Å²) in [6, 6.07) is 9.53. The molecule has 0 spiro atoms. The minimum Gasteiger partial charge on any atom is -0.361 e. The summed E-state index contributed by atoms with van der Waals surface area (Å²) in [7, 11) is 0. The van der Waals surface area contributed by atoms with Gasteiger partial charge < -0.3 is 10.3 Å². The van der Waals surface area contributed by atoms with Gasteiger partial charge in [-0.3, -0.25) is 0 Å². The fourth-order valence-electron chi connectivity index (χ4n) is 3.87. The van der Waals surface area contributed by atoms with Crippen LogP contribution in [0, 0.1) is 11.3 Å². The first kappa shape index (κ1) is 14.6. The van der Waals surface area contributed by atoms with Crippen molar-refractivity contribution in [3.63, 3.8) is 0 Å². The van der Waals surface area contributed by atoms with Crippen molar-refractivity contribution in [2.45, 2.75) is 59.0 Å². The molecule has 2 nitrogen and oxygen atoms in total. The summed E-state index contributed by atoms with van der Waals surface area (Å²) < 4.78 is 0. The summed E-state index contributed by atoms with van der Waals surface area (Å²) in [4.78, 5) is 3.30. The lowest BCUT2D eigenvalue weighted by Gasteiger charge is -2.41. The van der Waals surface area contributed by atoms with Crippen LogP contribution >= 0.6 is 0 Å². The molecule has 2 atom stereocenters. The summed E-state index contributed by atoms with van der Waals surface area (Å²) >= 11 is 0. The highest BCUT2D eigenvalue weighted by Crippen LogP contribution is 2.38. The van der Waals surface area contributed by atoms with Crippen molar-refractivity contribution in [2.24, 2.45) is 11.3 Å². The number of benzene rings is 1. The zero-order valence-electron chi connectivity index (χ0n) is 13.6. The average molecular weight is 284 g/mol. The van der Waals surface area contributed by atoms with Crippen LogP contribution in [0.1, 0.15) is 52.0 Å². The molecule has 1 saturated carbocycles. The number of nitrogens with one attached hydrogen (secondary N) is 2. The Morgan fingerprint density at radius 2 is 1.95 bits per heavy atom. The lowest BCUT2D eigenvalue weighted by atomic mass is 9.69. The second-order valence-corrected chi connectivity index (χ2v) is 7.64. The predicted octanol–water partition coefficient (Wildman–Crippen LogP) is 4.86. The molecule has 2 aromatic rings. The summed E-state index contributed by atoms with van der Waals surface area (Å²) in [6.07, 6.45) is 7.48. The second-order valence-electron chi connectivity index (χ2n) is 7.64. The normalized spacial score (nSPS) is 23.6. The Kier molecular flexibility index (Phi) is 4.08. The van der Waals surface area contributed by atoms with Gasteiger partial charge in [0.1, 0.15) is 0 Å². The summed E-state index contributed by atoms with van der Waals surface area (Å²) in [5.74, 6) is 0.792. The van der Waals surface area contributed by atoms with E-state index >= 15 is 0 Å². The molecule has 0 radical (unpaired) electrons. The Morgan fingerprint density at radius 1 is 1.14 bits per heavy atom. The van der Waals surface area contributed by atoms with Gasteiger partial charge in [-0.15, -0.1) is 0 Å². The molecule has 1 fully saturated rings. The smallest absolute Gasteiger partial charge is 0.0457 e. The van der Waals surface area contributed by atoms with E-state index in [0.717, 1.165) is 12.5 Å². The maximum atomic E-state index is 3.84. The van der Waals surface area contributed by atoms with Gasteiger partial charge in [-0.25, -0.2) is 0 Å². The molecule has 0 bridgehead atoms. The molecule has 1 aromatic carbocycles. The number of hydrogen-bond acceptors (Lipinski definition) is 1. The van der Waals surface area contributed by atoms with Crippen LogP contribution < -0.4 is 5.32 Å². The number of rotatable bonds is 3. The van der Waals surface area contributed by atoms with Crippen molar-refractivity contribution in [1.82, 2.24) is 10.3 Å². The van der Waals surface area contributed by atoms with Crippen molar-refractivity contribution < 1.29 is 0 Å². The monoisotopic (exact) mass is 284 g/mol. The molecule has 2 unspecified atom stereocenters. The van der Waals surface area contributed by atoms with Gasteiger partial charge in [-0.05, 0) is 47.3 Å². The third kappa shape index (κ3) is 3.32. The number of H-pyrrole nitrogens is 1. The minimum absolute atomic E-state index is 0.404. The Morgan fingerprint density at radius 3 is 2.76 bits per heavy atom. The van der Waals surface area contributed by atoms with Crippen LogP contribution in [0.3, 0.4) is 0 Å². The van der Waals surface area contributed by atoms with Crippen LogP contribution in [0.5, 0.6) is 0 Å². The molecule has 1 heterocycles. The Hall–Kier alpha value is -1.28. The molecule has 3 rings (SSSR count). The zero-order valence-corrected chi connectivity index (χ0v) is 13.6. The average Bonchev–Trinajstić information content (AvgIpc) is 2.92. The van der Waals surface area contributed by atoms with E-state index in [1.807, 2.05) is 6.20 Å². The molecule has 0 aliphatic heterocycles. The van der Waals surface area contributed by atoms with Crippen molar-refractivity contribution >= 4 is 10.9 Å². The van der Waals surface area contributed by atoms with Crippen LogP contribution in [0.25, 0.3) is 10.9 Å². The minimum atomic E-state index is 0.404. The second kappa shape index (κ2) is 5.84. The third-order valence-corrected chi connectivity index (χ3v) is 5.07. The topological polar surface area (TPSA) is 27.8 Å². The summed E-state index contributed by atoms with van der Waals surface area (Å²) in [5.41, 5.74) is 3.02. The highest BCUT2D eigenvalue weighted by molar-refractivity contribution is 5.79. The lowest BCUT2D eigenvalue weighted by molar-refractivity contribution is 0.130. The SMILES string of the molecule is CC(C)(C)C1CCCCC1NCc1ccc2cc[nH]c2c1. The first-order chi connectivity index (χ1) is 10.0. The van der Waals surface area contributed by atoms with Crippen molar-refractivity contribution in [3.8, 4) is 0 Å². The van der Waals surface area contributed by atoms with Crippen molar-refractivity contribution in [1.29, 1.82) is 0 Å². The number of hydrogen-bond donors (Lipinski definition) is 2. The molecular weight excluding hydrogens is 256 g/mol. The number of fused-ring (bicyclic) bond motifs is 1. The largest absolute Gasteiger partial charge is 0.361 e. The van der Waals surface area contributed by atoms with Crippen molar-refractivity contribution in [3.05, 3.63) is 36.0 Å². The Balaban J connectivity index is 1.67. The van der Waals surface area contributed by atoms with Gasteiger partial charge in [0, 0.05) is 24.3 Å². The first-order valence-corrected chi connectivity index (χ1v) is 8.33.